The molecule has 1 aliphatic rings. The Morgan fingerprint density at radius 2 is 2.83 bits per heavy atom. The minimum Gasteiger partial charge on any atom is -0.369 e. The van der Waals surface area contributed by atoms with E-state index in [4.69, 9.17) is 0 Å². The number of nitrogens with one attached hydrogen (secondary N) is 1. The molecule has 0 unspecified atom stereocenters. The van der Waals surface area contributed by atoms with Crippen LogP contribution in [0.5, 0.6) is 0 Å². The van der Waals surface area contributed by atoms with Gasteiger partial charge in [-0.15, -0.1) is 0 Å². The van der Waals surface area contributed by atoms with Gasteiger partial charge in [-0.3, -0.25) is 5.32 Å². The first-order valence-electron chi connectivity index (χ1n) is 1.50. The molecule has 4 nitrogen and oxygen atoms in total. The lowest BCUT2D eigenvalue weighted by atomic mass is 11.1. The Morgan fingerprint density at radius 1 is 2.00 bits per heavy atom. The summed E-state index contributed by atoms with van der Waals surface area (Å²) < 4.78 is 0. The molecule has 0 saturated carbocycles. The van der Waals surface area contributed by atoms with Crippen LogP contribution >= 0.6 is 0 Å². The van der Waals surface area contributed by atoms with Crippen LogP contribution in [0.2, 0.25) is 0 Å². The molecule has 1 rings (SSSR count). The Morgan fingerprint density at radius 3 is 3.00 bits per heavy atom. The lowest BCUT2D eigenvalue weighted by Gasteiger charge is -1.78. The molecule has 0 saturated heterocycles. The minimum atomic E-state index is -0.394. The Hall–Kier alpha value is -0.930. The minimum absolute atomic E-state index is 0.221. The van der Waals surface area contributed by atoms with Gasteiger partial charge >= 0.3 is 6.02 Å². The van der Waals surface area contributed by atoms with Crippen LogP contribution in [0.4, 0.5) is 0 Å². The fourth-order valence-corrected chi connectivity index (χ4v) is 0.217. The normalized spacial score (nSPS) is 18.3. The lowest BCUT2D eigenvalue weighted by molar-refractivity contribution is 0.163. The zero-order valence-corrected chi connectivity index (χ0v) is 2.97. The van der Waals surface area contributed by atoms with E-state index in [0.717, 1.165) is 0 Å². The number of amidine groups is 1. The number of rotatable bonds is 0. The number of nitrogens with zero attached hydrogens (tertiary/aromatic N) is 1. The van der Waals surface area contributed by atoms with Crippen LogP contribution in [0, 0.1) is 0 Å². The summed E-state index contributed by atoms with van der Waals surface area (Å²) in [5.74, 6) is 0. The summed E-state index contributed by atoms with van der Waals surface area (Å²) in [6.45, 7) is 0.221. The zero-order valence-electron chi connectivity index (χ0n) is 2.97. The van der Waals surface area contributed by atoms with Crippen LogP contribution in [0.1, 0.15) is 0 Å². The largest absolute Gasteiger partial charge is 0.376 e. The van der Waals surface area contributed by atoms with Crippen molar-refractivity contribution < 1.29 is 9.94 Å². The molecule has 0 aromatic carbocycles. The molecular formula is C2H3N2O2. The van der Waals surface area contributed by atoms with Crippen LogP contribution in [-0.4, -0.2) is 12.8 Å². The second-order valence-corrected chi connectivity index (χ2v) is 0.847. The molecule has 4 heteroatoms. The van der Waals surface area contributed by atoms with Gasteiger partial charge in [0, 0.05) is 0 Å². The van der Waals surface area contributed by atoms with E-state index in [0.29, 0.717) is 0 Å². The summed E-state index contributed by atoms with van der Waals surface area (Å²) in [6, 6.07) is -0.394. The first-order valence-corrected chi connectivity index (χ1v) is 1.50. The molecule has 0 amide bonds. The van der Waals surface area contributed by atoms with E-state index in [-0.39, 0.29) is 6.73 Å². The summed E-state index contributed by atoms with van der Waals surface area (Å²) in [5.41, 5.74) is 0. The van der Waals surface area contributed by atoms with Crippen LogP contribution in [0.15, 0.2) is 5.16 Å². The van der Waals surface area contributed by atoms with Crippen LogP contribution in [0.25, 0.3) is 0 Å². The standard InChI is InChI=1S/C2H3N2O2/c5-2-3-1-6-4-2/h1H2,(H,3,4). The Labute approximate surface area is 34.4 Å². The summed E-state index contributed by atoms with van der Waals surface area (Å²) in [4.78, 5) is 4.22. The first-order chi connectivity index (χ1) is 2.89. The van der Waals surface area contributed by atoms with E-state index in [2.05, 4.69) is 15.3 Å². The van der Waals surface area contributed by atoms with Gasteiger partial charge in [0.15, 0.2) is 6.73 Å². The predicted molar refractivity (Wildman–Crippen MR) is 17.2 cm³/mol. The molecule has 1 radical (unpaired) electrons. The topological polar surface area (TPSA) is 53.5 Å². The third kappa shape index (κ3) is 0.357. The maximum Gasteiger partial charge on any atom is 0.376 e. The van der Waals surface area contributed by atoms with Crippen molar-refractivity contribution in [3.63, 3.8) is 0 Å². The van der Waals surface area contributed by atoms with Gasteiger partial charge in [0.25, 0.3) is 0 Å². The third-order valence-corrected chi connectivity index (χ3v) is 0.435. The van der Waals surface area contributed by atoms with Crippen molar-refractivity contribution in [3.05, 3.63) is 0 Å². The molecule has 6 heavy (non-hydrogen) atoms. The second-order valence-electron chi connectivity index (χ2n) is 0.847. The lowest BCUT2D eigenvalue weighted by Crippen LogP contribution is -2.15. The van der Waals surface area contributed by atoms with E-state index in [1.54, 1.807) is 0 Å². The number of hydrogen-bond acceptors (Lipinski definition) is 3. The SMILES string of the molecule is [O]C1=NOCN1. The fourth-order valence-electron chi connectivity index (χ4n) is 0.217. The van der Waals surface area contributed by atoms with Crippen molar-refractivity contribution in [2.24, 2.45) is 5.16 Å². The van der Waals surface area contributed by atoms with Gasteiger partial charge in [-0.25, -0.2) is 5.11 Å². The van der Waals surface area contributed by atoms with Crippen molar-refractivity contribution in [1.82, 2.24) is 5.32 Å². The van der Waals surface area contributed by atoms with Crippen molar-refractivity contribution in [2.75, 3.05) is 6.73 Å². The highest BCUT2D eigenvalue weighted by Crippen LogP contribution is 1.80. The van der Waals surface area contributed by atoms with Gasteiger partial charge in [-0.2, -0.15) is 0 Å². The van der Waals surface area contributed by atoms with E-state index in [1.165, 1.54) is 0 Å². The Bertz CT molecular complexity index is 79.6. The van der Waals surface area contributed by atoms with Crippen LogP contribution in [-0.2, 0) is 9.94 Å². The summed E-state index contributed by atoms with van der Waals surface area (Å²) in [6.07, 6.45) is 0. The number of hydrogen-bond donors (Lipinski definition) is 1. The van der Waals surface area contributed by atoms with Gasteiger partial charge in [0.2, 0.25) is 0 Å². The van der Waals surface area contributed by atoms with Gasteiger partial charge in [0.05, 0.1) is 0 Å². The zero-order chi connectivity index (χ0) is 4.41. The smallest absolute Gasteiger partial charge is 0.369 e. The van der Waals surface area contributed by atoms with Crippen LogP contribution in [0.3, 0.4) is 0 Å². The predicted octanol–water partition coefficient (Wildman–Crippen LogP) is -0.735. The van der Waals surface area contributed by atoms with Gasteiger partial charge in [0.1, 0.15) is 0 Å². The van der Waals surface area contributed by atoms with Crippen molar-refractivity contribution in [2.45, 2.75) is 0 Å². The maximum absolute atomic E-state index is 9.84. The molecule has 0 aromatic rings. The first kappa shape index (κ1) is 3.27. The Kier molecular flexibility index (Phi) is 0.567. The van der Waals surface area contributed by atoms with E-state index in [1.807, 2.05) is 0 Å². The molecule has 1 N–H and O–H groups in total. The summed E-state index contributed by atoms with van der Waals surface area (Å²) in [7, 11) is 0. The molecule has 1 aliphatic heterocycles. The van der Waals surface area contributed by atoms with E-state index >= 15 is 0 Å². The van der Waals surface area contributed by atoms with Gasteiger partial charge < -0.3 is 4.84 Å². The average Bonchev–Trinajstić information content (AvgIpc) is 1.86. The molecule has 33 valence electrons. The van der Waals surface area contributed by atoms with E-state index < -0.39 is 6.02 Å². The molecule has 0 aliphatic carbocycles. The average molecular weight is 87.1 g/mol. The van der Waals surface area contributed by atoms with Crippen molar-refractivity contribution in [1.29, 1.82) is 0 Å². The third-order valence-electron chi connectivity index (χ3n) is 0.435. The van der Waals surface area contributed by atoms with Gasteiger partial charge in [-0.05, 0) is 5.16 Å². The summed E-state index contributed by atoms with van der Waals surface area (Å²) in [5, 5.41) is 15.1. The Balaban J connectivity index is 2.45. The highest BCUT2D eigenvalue weighted by Gasteiger charge is 2.01. The monoisotopic (exact) mass is 87.0 g/mol. The molecule has 0 fully saturated rings. The van der Waals surface area contributed by atoms with E-state index in [9.17, 15) is 5.11 Å². The maximum atomic E-state index is 9.84. The molecule has 0 aromatic heterocycles. The molecule has 0 bridgehead atoms. The number of oxime groups is 1. The van der Waals surface area contributed by atoms with Crippen LogP contribution < -0.4 is 5.32 Å². The quantitative estimate of drug-likeness (QED) is 0.423. The molecular weight excluding hydrogens is 84.0 g/mol. The molecule has 1 heterocycles. The molecule has 0 atom stereocenters. The highest BCUT2D eigenvalue weighted by atomic mass is 16.7. The second kappa shape index (κ2) is 1.04. The fraction of sp³-hybridized carbons (Fsp3) is 0.500. The highest BCUT2D eigenvalue weighted by molar-refractivity contribution is 5.70. The van der Waals surface area contributed by atoms with Gasteiger partial charge in [-0.1, -0.05) is 0 Å². The van der Waals surface area contributed by atoms with Crippen molar-refractivity contribution in [3.8, 4) is 0 Å². The van der Waals surface area contributed by atoms with Crippen molar-refractivity contribution >= 4 is 6.02 Å². The molecule has 0 spiro atoms. The summed E-state index contributed by atoms with van der Waals surface area (Å²) >= 11 is 0.